The molecule has 7 nitrogen and oxygen atoms in total. The number of benzene rings is 6. The van der Waals surface area contributed by atoms with Gasteiger partial charge < -0.3 is 15.1 Å². The monoisotopic (exact) mass is 951 g/mol. The Morgan fingerprint density at radius 3 is 1.24 bits per heavy atom. The lowest BCUT2D eigenvalue weighted by Crippen LogP contribution is -2.26. The maximum atomic E-state index is 11.4. The van der Waals surface area contributed by atoms with Gasteiger partial charge in [-0.15, -0.1) is 0 Å². The van der Waals surface area contributed by atoms with E-state index in [4.69, 9.17) is 13.1 Å². The molecule has 7 heteroatoms. The highest BCUT2D eigenvalue weighted by atomic mass is 16.4. The Bertz CT molecular complexity index is 2840. The van der Waals surface area contributed by atoms with Crippen molar-refractivity contribution in [2.24, 2.45) is 0 Å². The molecule has 0 spiro atoms. The van der Waals surface area contributed by atoms with E-state index in [0.29, 0.717) is 11.1 Å². The molecule has 72 heavy (non-hydrogen) atoms. The van der Waals surface area contributed by atoms with Crippen molar-refractivity contribution in [3.63, 3.8) is 0 Å². The summed E-state index contributed by atoms with van der Waals surface area (Å²) in [6.07, 6.45) is 28.4. The average Bonchev–Trinajstić information content (AvgIpc) is 3.67. The fraction of sp³-hybridized carbons (Fsp3) is 0.262. The Morgan fingerprint density at radius 2 is 0.819 bits per heavy atom. The zero-order chi connectivity index (χ0) is 50.7. The lowest BCUT2D eigenvalue weighted by atomic mass is 9.70. The van der Waals surface area contributed by atoms with Crippen molar-refractivity contribution in [3.8, 4) is 11.1 Å². The van der Waals surface area contributed by atoms with Gasteiger partial charge in [-0.1, -0.05) is 218 Å². The molecule has 0 radical (unpaired) electrons. The molecule has 0 aromatic heterocycles. The van der Waals surface area contributed by atoms with E-state index in [0.717, 1.165) is 52.2 Å². The Balaban J connectivity index is 1.23. The molecule has 0 bridgehead atoms. The maximum absolute atomic E-state index is 11.4. The van der Waals surface area contributed by atoms with Crippen molar-refractivity contribution < 1.29 is 19.8 Å². The topological polar surface area (TPSA) is 86.6 Å². The van der Waals surface area contributed by atoms with Crippen LogP contribution in [-0.4, -0.2) is 22.2 Å². The number of carbonyl (C=O) groups is 2. The van der Waals surface area contributed by atoms with Gasteiger partial charge >= 0.3 is 11.9 Å². The van der Waals surface area contributed by atoms with Crippen LogP contribution in [0.25, 0.3) is 57.3 Å². The summed E-state index contributed by atoms with van der Waals surface area (Å²) in [5, 5.41) is 18.6. The molecule has 0 unspecified atom stereocenters. The molecule has 364 valence electrons. The van der Waals surface area contributed by atoms with Gasteiger partial charge in [-0.2, -0.15) is 0 Å². The number of hydrogen-bond donors (Lipinski definition) is 2. The van der Waals surface area contributed by atoms with Crippen LogP contribution < -0.4 is 4.90 Å². The summed E-state index contributed by atoms with van der Waals surface area (Å²) in [6.45, 7) is 18.9. The minimum Gasteiger partial charge on any atom is -0.486 e. The van der Waals surface area contributed by atoms with Crippen molar-refractivity contribution in [2.45, 2.75) is 109 Å². The van der Waals surface area contributed by atoms with E-state index in [9.17, 15) is 19.8 Å². The first-order chi connectivity index (χ1) is 35.2. The van der Waals surface area contributed by atoms with E-state index in [1.165, 1.54) is 111 Å². The second-order valence-corrected chi connectivity index (χ2v) is 18.8. The largest absolute Gasteiger partial charge is 0.486 e. The van der Waals surface area contributed by atoms with Crippen LogP contribution in [0.15, 0.2) is 151 Å². The number of hydrogen-bond acceptors (Lipinski definition) is 3. The van der Waals surface area contributed by atoms with Crippen molar-refractivity contribution in [1.29, 1.82) is 0 Å². The predicted octanol–water partition coefficient (Wildman–Crippen LogP) is 18.0. The van der Waals surface area contributed by atoms with Crippen LogP contribution in [0, 0.1) is 13.1 Å². The second-order valence-electron chi connectivity index (χ2n) is 18.8. The van der Waals surface area contributed by atoms with Crippen molar-refractivity contribution in [3.05, 3.63) is 218 Å². The van der Waals surface area contributed by atoms with Crippen molar-refractivity contribution in [1.82, 2.24) is 0 Å². The third kappa shape index (κ3) is 13.2. The molecule has 6 aromatic carbocycles. The van der Waals surface area contributed by atoms with Crippen LogP contribution in [0.4, 0.5) is 17.1 Å². The maximum Gasteiger partial charge on any atom is 0.333 e. The summed E-state index contributed by atoms with van der Waals surface area (Å²) >= 11 is 0. The SMILES string of the molecule is [C-]#[N+]/C(=C\c1ccc(/C=C/c2ccc(N(c3ccc(/C=C/c4ccc(/C=C(\[N+]#[C-])C(=O)O)cc4)cc3)c3ccc4c(c3)C(CCCCCCCC)(CCCCCCCC)c3ccccc3-4)cc2)cc1)C(=O)O. The van der Waals surface area contributed by atoms with Crippen LogP contribution in [-0.2, 0) is 15.0 Å². The molecule has 6 aromatic rings. The summed E-state index contributed by atoms with van der Waals surface area (Å²) in [7, 11) is 0. The van der Waals surface area contributed by atoms with Crippen LogP contribution in [0.2, 0.25) is 0 Å². The Labute approximate surface area is 426 Å². The van der Waals surface area contributed by atoms with Gasteiger partial charge in [0.25, 0.3) is 11.4 Å². The standard InChI is InChI=1S/C65H65N3O4/c1-5-7-9-11-13-17-43-65(44-18-14-12-10-8-6-2)59-20-16-15-19-57(59)58-42-41-56(47-60(58)65)68(54-37-33-50(34-38-54)23-21-48-25-29-52(30-26-48)45-61(66-3)63(69)70)55-39-35-51(36-40-55)24-22-49-27-31-53(32-28-49)46-62(67-4)64(71)72/h15-16,19-42,45-47H,5-14,17-18,43-44H2,1-2H3,(H,69,70)(H,71,72)/b23-21+,24-22+,61-45-,62-46-. The molecular formula is C65H65N3O4. The van der Waals surface area contributed by atoms with Crippen LogP contribution >= 0.6 is 0 Å². The van der Waals surface area contributed by atoms with E-state index >= 15 is 0 Å². The zero-order valence-electron chi connectivity index (χ0n) is 41.7. The fourth-order valence-corrected chi connectivity index (χ4v) is 9.97. The number of fused-ring (bicyclic) bond motifs is 3. The quantitative estimate of drug-likeness (QED) is 0.0258. The number of nitrogens with zero attached hydrogens (tertiary/aromatic N) is 3. The van der Waals surface area contributed by atoms with E-state index in [2.05, 4.69) is 132 Å². The van der Waals surface area contributed by atoms with Gasteiger partial charge in [0.05, 0.1) is 13.1 Å². The molecule has 0 saturated carbocycles. The molecule has 0 aliphatic heterocycles. The number of rotatable bonds is 25. The number of aliphatic carboxylic acids is 2. The van der Waals surface area contributed by atoms with E-state index < -0.39 is 11.9 Å². The molecule has 1 aliphatic rings. The van der Waals surface area contributed by atoms with Gasteiger partial charge in [0, 0.05) is 22.5 Å². The summed E-state index contributed by atoms with van der Waals surface area (Å²) in [5.74, 6) is -2.48. The molecule has 0 amide bonds. The first-order valence-corrected chi connectivity index (χ1v) is 25.6. The molecule has 1 aliphatic carbocycles. The minimum atomic E-state index is -1.24. The Kier molecular flexibility index (Phi) is 18.5. The van der Waals surface area contributed by atoms with Gasteiger partial charge in [-0.25, -0.2) is 9.69 Å². The fourth-order valence-electron chi connectivity index (χ4n) is 9.97. The Hall–Kier alpha value is -8.00. The number of unbranched alkanes of at least 4 members (excludes halogenated alkanes) is 10. The lowest BCUT2D eigenvalue weighted by molar-refractivity contribution is -0.133. The second kappa shape index (κ2) is 25.7. The van der Waals surface area contributed by atoms with Crippen LogP contribution in [0.5, 0.6) is 0 Å². The highest BCUT2D eigenvalue weighted by Gasteiger charge is 2.42. The molecule has 2 N–H and O–H groups in total. The number of anilines is 3. The van der Waals surface area contributed by atoms with E-state index in [-0.39, 0.29) is 16.8 Å². The van der Waals surface area contributed by atoms with Gasteiger partial charge in [0.1, 0.15) is 0 Å². The van der Waals surface area contributed by atoms with E-state index in [1.54, 1.807) is 0 Å². The third-order valence-electron chi connectivity index (χ3n) is 13.8. The average molecular weight is 952 g/mol. The van der Waals surface area contributed by atoms with Crippen molar-refractivity contribution in [2.75, 3.05) is 4.90 Å². The molecule has 0 saturated heterocycles. The van der Waals surface area contributed by atoms with Gasteiger partial charge in [-0.05, 0) is 117 Å². The smallest absolute Gasteiger partial charge is 0.333 e. The molecule has 7 rings (SSSR count). The van der Waals surface area contributed by atoms with Crippen molar-refractivity contribution >= 4 is 65.5 Å². The lowest BCUT2D eigenvalue weighted by Gasteiger charge is -2.34. The summed E-state index contributed by atoms with van der Waals surface area (Å²) in [4.78, 5) is 31.3. The van der Waals surface area contributed by atoms with Gasteiger partial charge in [0.2, 0.25) is 0 Å². The first-order valence-electron chi connectivity index (χ1n) is 25.6. The summed E-state index contributed by atoms with van der Waals surface area (Å²) in [5.41, 5.74) is 13.4. The zero-order valence-corrected chi connectivity index (χ0v) is 41.7. The normalized spacial score (nSPS) is 12.9. The Morgan fingerprint density at radius 1 is 0.458 bits per heavy atom. The molecular weight excluding hydrogens is 887 g/mol. The third-order valence-corrected chi connectivity index (χ3v) is 13.8. The molecule has 0 fully saturated rings. The highest BCUT2D eigenvalue weighted by molar-refractivity contribution is 5.95. The summed E-state index contributed by atoms with van der Waals surface area (Å²) < 4.78 is 0. The highest BCUT2D eigenvalue weighted by Crippen LogP contribution is 2.55. The molecule has 0 atom stereocenters. The van der Waals surface area contributed by atoms with Crippen LogP contribution in [0.3, 0.4) is 0 Å². The first kappa shape index (κ1) is 51.8. The van der Waals surface area contributed by atoms with Gasteiger partial charge in [-0.3, -0.25) is 9.59 Å². The minimum absolute atomic E-state index is 0.0690. The number of carboxylic acids is 2. The molecule has 0 heterocycles. The van der Waals surface area contributed by atoms with Gasteiger partial charge in [0.15, 0.2) is 0 Å². The van der Waals surface area contributed by atoms with Crippen LogP contribution in [0.1, 0.15) is 148 Å². The number of carboxylic acid groups (broad SMARTS) is 2. The van der Waals surface area contributed by atoms with E-state index in [1.807, 2.05) is 60.7 Å². The summed E-state index contributed by atoms with van der Waals surface area (Å²) in [6, 6.07) is 48.5. The predicted molar refractivity (Wildman–Crippen MR) is 298 cm³/mol.